The van der Waals surface area contributed by atoms with Crippen LogP contribution in [-0.4, -0.2) is 37.2 Å². The van der Waals surface area contributed by atoms with Gasteiger partial charge in [0.1, 0.15) is 13.2 Å². The second kappa shape index (κ2) is 69.3. The van der Waals surface area contributed by atoms with Gasteiger partial charge < -0.3 is 14.2 Å². The summed E-state index contributed by atoms with van der Waals surface area (Å²) in [5, 5.41) is 0. The summed E-state index contributed by atoms with van der Waals surface area (Å²) in [5.41, 5.74) is 0. The second-order valence-corrected chi connectivity index (χ2v) is 23.8. The van der Waals surface area contributed by atoms with Crippen molar-refractivity contribution in [2.24, 2.45) is 0 Å². The summed E-state index contributed by atoms with van der Waals surface area (Å²) in [7, 11) is 0. The predicted molar refractivity (Wildman–Crippen MR) is 353 cm³/mol. The molecular formula is C75H134O6. The molecule has 0 saturated heterocycles. The first-order valence-electron chi connectivity index (χ1n) is 35.4. The van der Waals surface area contributed by atoms with Gasteiger partial charge in [0, 0.05) is 19.3 Å². The quantitative estimate of drug-likeness (QED) is 0.0261. The van der Waals surface area contributed by atoms with Crippen molar-refractivity contribution in [3.63, 3.8) is 0 Å². The van der Waals surface area contributed by atoms with E-state index in [1.807, 2.05) is 0 Å². The minimum Gasteiger partial charge on any atom is -0.462 e. The Kier molecular flexibility index (Phi) is 66.6. The van der Waals surface area contributed by atoms with E-state index in [0.29, 0.717) is 19.3 Å². The van der Waals surface area contributed by atoms with Crippen LogP contribution >= 0.6 is 0 Å². The SMILES string of the molecule is CCCCCCC/C=C\C/C=C\C/C=C\CCCCCCCCCCCCCCCCC(=O)OCC(COC(=O)CCCCCCCCC)OC(=O)CCCCCCCCCCCCCC/C=C\C/C=C\C/C=C\CCCCCCC. The van der Waals surface area contributed by atoms with Crippen molar-refractivity contribution < 1.29 is 28.6 Å². The average molecular weight is 1130 g/mol. The fourth-order valence-corrected chi connectivity index (χ4v) is 10.3. The largest absolute Gasteiger partial charge is 0.462 e. The van der Waals surface area contributed by atoms with E-state index in [1.54, 1.807) is 0 Å². The Labute approximate surface area is 503 Å². The van der Waals surface area contributed by atoms with E-state index in [1.165, 1.54) is 244 Å². The Morgan fingerprint density at radius 3 is 0.691 bits per heavy atom. The van der Waals surface area contributed by atoms with Gasteiger partial charge in [0.25, 0.3) is 0 Å². The van der Waals surface area contributed by atoms with Gasteiger partial charge >= 0.3 is 17.9 Å². The molecule has 0 aromatic heterocycles. The van der Waals surface area contributed by atoms with E-state index < -0.39 is 6.10 Å². The van der Waals surface area contributed by atoms with Gasteiger partial charge in [-0.05, 0) is 96.3 Å². The van der Waals surface area contributed by atoms with Crippen LogP contribution in [0.15, 0.2) is 72.9 Å². The number of hydrogen-bond donors (Lipinski definition) is 0. The van der Waals surface area contributed by atoms with Gasteiger partial charge in [-0.15, -0.1) is 0 Å². The highest BCUT2D eigenvalue weighted by Crippen LogP contribution is 2.17. The zero-order valence-electron chi connectivity index (χ0n) is 54.1. The Morgan fingerprint density at radius 1 is 0.247 bits per heavy atom. The molecule has 0 radical (unpaired) electrons. The molecule has 0 aliphatic carbocycles. The number of carbonyl (C=O) groups is 3. The predicted octanol–water partition coefficient (Wildman–Crippen LogP) is 24.4. The standard InChI is InChI=1S/C75H134O6/c1-4-7-10-13-16-18-20-22-24-26-28-30-32-34-36-37-39-40-42-44-46-48-50-52-54-56-59-62-65-68-74(77)80-71-72(70-79-73(76)67-64-61-58-15-12-9-6-3)81-75(78)69-66-63-60-57-55-53-51-49-47-45-43-41-38-35-33-31-29-27-25-23-21-19-17-14-11-8-5-2/h20-23,26-29,32-35,72H,4-19,24-25,30-31,36-71H2,1-3H3/b22-20-,23-21-,28-26-,29-27-,34-32-,35-33-. The van der Waals surface area contributed by atoms with E-state index in [9.17, 15) is 14.4 Å². The Morgan fingerprint density at radius 2 is 0.444 bits per heavy atom. The molecule has 81 heavy (non-hydrogen) atoms. The van der Waals surface area contributed by atoms with Crippen molar-refractivity contribution in [1.29, 1.82) is 0 Å². The summed E-state index contributed by atoms with van der Waals surface area (Å²) in [6.45, 7) is 6.62. The van der Waals surface area contributed by atoms with Crippen LogP contribution in [0.3, 0.4) is 0 Å². The maximum Gasteiger partial charge on any atom is 0.306 e. The Balaban J connectivity index is 4.07. The van der Waals surface area contributed by atoms with Crippen molar-refractivity contribution in [2.75, 3.05) is 13.2 Å². The summed E-state index contributed by atoms with van der Waals surface area (Å²) >= 11 is 0. The first-order chi connectivity index (χ1) is 40.0. The zero-order valence-corrected chi connectivity index (χ0v) is 54.1. The molecular weight excluding hydrogens is 997 g/mol. The van der Waals surface area contributed by atoms with Crippen molar-refractivity contribution in [2.45, 2.75) is 374 Å². The lowest BCUT2D eigenvalue weighted by Gasteiger charge is -2.18. The lowest BCUT2D eigenvalue weighted by molar-refractivity contribution is -0.167. The van der Waals surface area contributed by atoms with Crippen molar-refractivity contribution in [3.05, 3.63) is 72.9 Å². The third kappa shape index (κ3) is 67.5. The molecule has 0 fully saturated rings. The first kappa shape index (κ1) is 77.9. The van der Waals surface area contributed by atoms with Crippen LogP contribution in [0.1, 0.15) is 367 Å². The third-order valence-electron chi connectivity index (χ3n) is 15.7. The molecule has 1 unspecified atom stereocenters. The number of rotatable bonds is 65. The molecule has 6 heteroatoms. The van der Waals surface area contributed by atoms with Crippen LogP contribution in [0, 0.1) is 0 Å². The number of ether oxygens (including phenoxy) is 3. The number of carbonyl (C=O) groups excluding carboxylic acids is 3. The van der Waals surface area contributed by atoms with Gasteiger partial charge in [0.15, 0.2) is 6.10 Å². The number of esters is 3. The molecule has 6 nitrogen and oxygen atoms in total. The summed E-state index contributed by atoms with van der Waals surface area (Å²) < 4.78 is 16.9. The Bertz CT molecular complexity index is 1490. The van der Waals surface area contributed by atoms with Crippen molar-refractivity contribution >= 4 is 17.9 Å². The minimum atomic E-state index is -0.774. The molecule has 0 aliphatic heterocycles. The van der Waals surface area contributed by atoms with Gasteiger partial charge in [0.05, 0.1) is 0 Å². The van der Waals surface area contributed by atoms with E-state index in [2.05, 4.69) is 93.7 Å². The molecule has 0 saturated carbocycles. The van der Waals surface area contributed by atoms with Crippen LogP contribution < -0.4 is 0 Å². The van der Waals surface area contributed by atoms with Crippen LogP contribution in [0.4, 0.5) is 0 Å². The van der Waals surface area contributed by atoms with Gasteiger partial charge in [-0.25, -0.2) is 0 Å². The van der Waals surface area contributed by atoms with E-state index >= 15 is 0 Å². The molecule has 0 aliphatic rings. The van der Waals surface area contributed by atoms with Crippen LogP contribution in [-0.2, 0) is 28.6 Å². The number of unbranched alkanes of at least 4 members (excludes halogenated alkanes) is 42. The zero-order chi connectivity index (χ0) is 58.5. The summed E-state index contributed by atoms with van der Waals surface area (Å²) in [5.74, 6) is -0.864. The highest BCUT2D eigenvalue weighted by molar-refractivity contribution is 5.71. The normalized spacial score (nSPS) is 12.5. The minimum absolute atomic E-state index is 0.0729. The van der Waals surface area contributed by atoms with Gasteiger partial charge in [0.2, 0.25) is 0 Å². The third-order valence-corrected chi connectivity index (χ3v) is 15.7. The van der Waals surface area contributed by atoms with Gasteiger partial charge in [-0.1, -0.05) is 325 Å². The molecule has 0 aromatic rings. The second-order valence-electron chi connectivity index (χ2n) is 23.8. The molecule has 0 bridgehead atoms. The molecule has 470 valence electrons. The van der Waals surface area contributed by atoms with Crippen LogP contribution in [0.5, 0.6) is 0 Å². The smallest absolute Gasteiger partial charge is 0.306 e. The molecule has 0 spiro atoms. The summed E-state index contributed by atoms with van der Waals surface area (Å²) in [4.78, 5) is 38.2. The maximum absolute atomic E-state index is 12.9. The molecule has 1 atom stereocenters. The van der Waals surface area contributed by atoms with Gasteiger partial charge in [-0.2, -0.15) is 0 Å². The maximum atomic E-state index is 12.9. The topological polar surface area (TPSA) is 78.9 Å². The van der Waals surface area contributed by atoms with Crippen molar-refractivity contribution in [3.8, 4) is 0 Å². The highest BCUT2D eigenvalue weighted by Gasteiger charge is 2.19. The fraction of sp³-hybridized carbons (Fsp3) is 0.800. The van der Waals surface area contributed by atoms with Crippen LogP contribution in [0.2, 0.25) is 0 Å². The lowest BCUT2D eigenvalue weighted by atomic mass is 10.0. The fourth-order valence-electron chi connectivity index (χ4n) is 10.3. The van der Waals surface area contributed by atoms with Crippen molar-refractivity contribution in [1.82, 2.24) is 0 Å². The molecule has 0 rings (SSSR count). The van der Waals surface area contributed by atoms with E-state index in [4.69, 9.17) is 14.2 Å². The van der Waals surface area contributed by atoms with E-state index in [0.717, 1.165) is 83.5 Å². The monoisotopic (exact) mass is 1130 g/mol. The Hall–Kier alpha value is -3.15. The van der Waals surface area contributed by atoms with Gasteiger partial charge in [-0.3, -0.25) is 14.4 Å². The summed E-state index contributed by atoms with van der Waals surface area (Å²) in [6, 6.07) is 0. The molecule has 0 amide bonds. The molecule has 0 aromatic carbocycles. The number of hydrogen-bond acceptors (Lipinski definition) is 6. The molecule has 0 heterocycles. The average Bonchev–Trinajstić information content (AvgIpc) is 3.47. The lowest BCUT2D eigenvalue weighted by Crippen LogP contribution is -2.30. The highest BCUT2D eigenvalue weighted by atomic mass is 16.6. The molecule has 0 N–H and O–H groups in total. The van der Waals surface area contributed by atoms with Crippen LogP contribution in [0.25, 0.3) is 0 Å². The number of allylic oxidation sites excluding steroid dienone is 12. The summed E-state index contributed by atoms with van der Waals surface area (Å²) in [6.07, 6.45) is 91.0. The first-order valence-corrected chi connectivity index (χ1v) is 35.4. The van der Waals surface area contributed by atoms with E-state index in [-0.39, 0.29) is 31.1 Å².